The topological polar surface area (TPSA) is 59.4 Å². The Bertz CT molecular complexity index is 555. The van der Waals surface area contributed by atoms with Crippen molar-refractivity contribution in [1.29, 1.82) is 5.26 Å². The number of benzene rings is 1. The predicted molar refractivity (Wildman–Crippen MR) is 86.5 cm³/mol. The zero-order valence-corrected chi connectivity index (χ0v) is 13.4. The first-order chi connectivity index (χ1) is 10.0. The van der Waals surface area contributed by atoms with E-state index in [2.05, 4.69) is 22.5 Å². The number of likely N-dealkylation sites (N-methyl/N-ethyl adjacent to an activating group) is 1. The van der Waals surface area contributed by atoms with Crippen LogP contribution in [0.4, 0.5) is 10.5 Å². The molecule has 0 aliphatic carbocycles. The van der Waals surface area contributed by atoms with Crippen LogP contribution in [0.25, 0.3) is 0 Å². The molecule has 0 radical (unpaired) electrons. The molecular weight excluding hydrogens is 284 g/mol. The number of anilines is 1. The zero-order valence-electron chi connectivity index (χ0n) is 12.5. The maximum atomic E-state index is 12.3. The van der Waals surface area contributed by atoms with Crippen LogP contribution in [0.1, 0.15) is 5.56 Å². The standard InChI is InChI=1S/C15H20N4OS/c1-18(2)13-9-19(10-14(13)21-3)15(20)17-12-6-4-5-11(7-12)8-16/h4-7,13-14H,9-10H2,1-3H3,(H,17,20)/t13-,14+/m0/s1. The molecule has 2 rings (SSSR count). The molecule has 0 bridgehead atoms. The third-order valence-corrected chi connectivity index (χ3v) is 4.80. The van der Waals surface area contributed by atoms with Gasteiger partial charge in [-0.15, -0.1) is 0 Å². The van der Waals surface area contributed by atoms with Gasteiger partial charge in [0.05, 0.1) is 11.6 Å². The molecule has 1 aromatic rings. The molecule has 2 atom stereocenters. The molecular formula is C15H20N4OS. The number of nitriles is 1. The van der Waals surface area contributed by atoms with Gasteiger partial charge in [-0.2, -0.15) is 17.0 Å². The Morgan fingerprint density at radius 1 is 1.48 bits per heavy atom. The molecule has 1 fully saturated rings. The van der Waals surface area contributed by atoms with Crippen molar-refractivity contribution >= 4 is 23.5 Å². The molecule has 5 nitrogen and oxygen atoms in total. The molecule has 6 heteroatoms. The summed E-state index contributed by atoms with van der Waals surface area (Å²) in [6.45, 7) is 1.47. The van der Waals surface area contributed by atoms with Crippen LogP contribution in [-0.4, -0.2) is 60.6 Å². The van der Waals surface area contributed by atoms with Gasteiger partial charge in [-0.3, -0.25) is 0 Å². The minimum Gasteiger partial charge on any atom is -0.322 e. The molecule has 0 spiro atoms. The van der Waals surface area contributed by atoms with Crippen molar-refractivity contribution in [2.45, 2.75) is 11.3 Å². The van der Waals surface area contributed by atoms with Crippen molar-refractivity contribution in [2.24, 2.45) is 0 Å². The van der Waals surface area contributed by atoms with Gasteiger partial charge in [0.15, 0.2) is 0 Å². The monoisotopic (exact) mass is 304 g/mol. The smallest absolute Gasteiger partial charge is 0.321 e. The van der Waals surface area contributed by atoms with Crippen molar-refractivity contribution in [3.63, 3.8) is 0 Å². The summed E-state index contributed by atoms with van der Waals surface area (Å²) in [5.41, 5.74) is 1.20. The number of likely N-dealkylation sites (tertiary alicyclic amines) is 1. The van der Waals surface area contributed by atoms with E-state index in [1.165, 1.54) is 0 Å². The number of rotatable bonds is 3. The molecule has 1 heterocycles. The van der Waals surface area contributed by atoms with Crippen LogP contribution in [0.15, 0.2) is 24.3 Å². The number of thioether (sulfide) groups is 1. The Labute approximate surface area is 129 Å². The molecule has 1 N–H and O–H groups in total. The highest BCUT2D eigenvalue weighted by Gasteiger charge is 2.35. The molecule has 0 aromatic heterocycles. The first-order valence-electron chi connectivity index (χ1n) is 6.80. The van der Waals surface area contributed by atoms with Crippen LogP contribution in [0.3, 0.4) is 0 Å². The van der Waals surface area contributed by atoms with Gasteiger partial charge in [-0.05, 0) is 38.6 Å². The average molecular weight is 304 g/mol. The van der Waals surface area contributed by atoms with E-state index in [0.717, 1.165) is 13.1 Å². The van der Waals surface area contributed by atoms with Gasteiger partial charge >= 0.3 is 6.03 Å². The molecule has 0 saturated carbocycles. The lowest BCUT2D eigenvalue weighted by atomic mass is 10.2. The zero-order chi connectivity index (χ0) is 15.4. The fourth-order valence-electron chi connectivity index (χ4n) is 2.52. The van der Waals surface area contributed by atoms with Crippen LogP contribution in [0.2, 0.25) is 0 Å². The third kappa shape index (κ3) is 3.69. The summed E-state index contributed by atoms with van der Waals surface area (Å²) >= 11 is 1.80. The summed E-state index contributed by atoms with van der Waals surface area (Å²) in [5, 5.41) is 12.2. The summed E-state index contributed by atoms with van der Waals surface area (Å²) in [5.74, 6) is 0. The predicted octanol–water partition coefficient (Wildman–Crippen LogP) is 2.07. The fraction of sp³-hybridized carbons (Fsp3) is 0.467. The lowest BCUT2D eigenvalue weighted by Gasteiger charge is -2.23. The Hall–Kier alpha value is -1.71. The Morgan fingerprint density at radius 2 is 2.24 bits per heavy atom. The summed E-state index contributed by atoms with van der Waals surface area (Å²) in [7, 11) is 4.09. The van der Waals surface area contributed by atoms with Crippen molar-refractivity contribution in [3.05, 3.63) is 29.8 Å². The van der Waals surface area contributed by atoms with E-state index in [4.69, 9.17) is 5.26 Å². The number of nitrogens with one attached hydrogen (secondary N) is 1. The molecule has 1 aromatic carbocycles. The first kappa shape index (κ1) is 15.7. The molecule has 1 aliphatic rings. The number of nitrogens with zero attached hydrogens (tertiary/aromatic N) is 3. The summed E-state index contributed by atoms with van der Waals surface area (Å²) in [6, 6.07) is 9.31. The summed E-state index contributed by atoms with van der Waals surface area (Å²) < 4.78 is 0. The number of hydrogen-bond donors (Lipinski definition) is 1. The van der Waals surface area contributed by atoms with Crippen LogP contribution in [-0.2, 0) is 0 Å². The lowest BCUT2D eigenvalue weighted by molar-refractivity contribution is 0.216. The van der Waals surface area contributed by atoms with E-state index in [1.54, 1.807) is 36.0 Å². The number of hydrogen-bond acceptors (Lipinski definition) is 4. The summed E-state index contributed by atoms with van der Waals surface area (Å²) in [6.07, 6.45) is 2.08. The van der Waals surface area contributed by atoms with E-state index in [1.807, 2.05) is 19.0 Å². The minimum atomic E-state index is -0.103. The maximum Gasteiger partial charge on any atom is 0.321 e. The van der Waals surface area contributed by atoms with Crippen molar-refractivity contribution < 1.29 is 4.79 Å². The largest absolute Gasteiger partial charge is 0.322 e. The second-order valence-electron chi connectivity index (χ2n) is 5.33. The maximum absolute atomic E-state index is 12.3. The van der Waals surface area contributed by atoms with Crippen LogP contribution < -0.4 is 5.32 Å². The Morgan fingerprint density at radius 3 is 2.81 bits per heavy atom. The van der Waals surface area contributed by atoms with Gasteiger partial charge < -0.3 is 15.1 Å². The van der Waals surface area contributed by atoms with Gasteiger partial charge in [0.2, 0.25) is 0 Å². The average Bonchev–Trinajstić information content (AvgIpc) is 2.92. The van der Waals surface area contributed by atoms with Crippen molar-refractivity contribution in [2.75, 3.05) is 38.8 Å². The minimum absolute atomic E-state index is 0.103. The van der Waals surface area contributed by atoms with Gasteiger partial charge in [0.25, 0.3) is 0 Å². The lowest BCUT2D eigenvalue weighted by Crippen LogP contribution is -2.38. The van der Waals surface area contributed by atoms with Crippen molar-refractivity contribution in [1.82, 2.24) is 9.80 Å². The number of carbonyl (C=O) groups is 1. The molecule has 0 unspecified atom stereocenters. The highest BCUT2D eigenvalue weighted by molar-refractivity contribution is 7.99. The van der Waals surface area contributed by atoms with Gasteiger partial charge in [-0.25, -0.2) is 4.79 Å². The number of amides is 2. The van der Waals surface area contributed by atoms with Gasteiger partial charge in [0, 0.05) is 30.1 Å². The second kappa shape index (κ2) is 6.83. The SMILES string of the molecule is CS[C@@H]1CN(C(=O)Nc2cccc(C#N)c2)C[C@@H]1N(C)C. The van der Waals surface area contributed by atoms with E-state index in [-0.39, 0.29) is 6.03 Å². The van der Waals surface area contributed by atoms with E-state index in [0.29, 0.717) is 22.5 Å². The quantitative estimate of drug-likeness (QED) is 0.928. The van der Waals surface area contributed by atoms with Crippen LogP contribution >= 0.6 is 11.8 Å². The third-order valence-electron chi connectivity index (χ3n) is 3.73. The number of urea groups is 1. The normalized spacial score (nSPS) is 21.4. The molecule has 2 amide bonds. The van der Waals surface area contributed by atoms with Gasteiger partial charge in [0.1, 0.15) is 0 Å². The Kier molecular flexibility index (Phi) is 5.10. The molecule has 1 saturated heterocycles. The first-order valence-corrected chi connectivity index (χ1v) is 8.09. The second-order valence-corrected chi connectivity index (χ2v) is 6.41. The number of carbonyl (C=O) groups excluding carboxylic acids is 1. The van der Waals surface area contributed by atoms with E-state index >= 15 is 0 Å². The van der Waals surface area contributed by atoms with Crippen LogP contribution in [0, 0.1) is 11.3 Å². The van der Waals surface area contributed by atoms with E-state index in [9.17, 15) is 4.79 Å². The van der Waals surface area contributed by atoms with E-state index < -0.39 is 0 Å². The molecule has 21 heavy (non-hydrogen) atoms. The molecule has 1 aliphatic heterocycles. The van der Waals surface area contributed by atoms with Crippen LogP contribution in [0.5, 0.6) is 0 Å². The van der Waals surface area contributed by atoms with Gasteiger partial charge in [-0.1, -0.05) is 6.07 Å². The highest BCUT2D eigenvalue weighted by Crippen LogP contribution is 2.24. The molecule has 112 valence electrons. The van der Waals surface area contributed by atoms with Crippen molar-refractivity contribution in [3.8, 4) is 6.07 Å². The highest BCUT2D eigenvalue weighted by atomic mass is 32.2. The fourth-order valence-corrected chi connectivity index (χ4v) is 3.49. The summed E-state index contributed by atoms with van der Waals surface area (Å²) in [4.78, 5) is 16.4. The Balaban J connectivity index is 2.02.